The first kappa shape index (κ1) is 14.4. The van der Waals surface area contributed by atoms with Crippen LogP contribution in [0.2, 0.25) is 0 Å². The molecule has 0 spiro atoms. The minimum atomic E-state index is 0.456. The van der Waals surface area contributed by atoms with Gasteiger partial charge in [0.1, 0.15) is 0 Å². The number of benzene rings is 1. The molecule has 0 bridgehead atoms. The molecule has 0 unspecified atom stereocenters. The average molecular weight is 260 g/mol. The molecule has 2 nitrogen and oxygen atoms in total. The van der Waals surface area contributed by atoms with E-state index in [1.54, 1.807) is 0 Å². The molecule has 0 radical (unpaired) electrons. The molecule has 2 heteroatoms. The number of hydrogen-bond donors (Lipinski definition) is 1. The molecule has 2 rings (SSSR count). The molecular formula is C17H28N2. The van der Waals surface area contributed by atoms with Crippen molar-refractivity contribution in [1.82, 2.24) is 0 Å². The highest BCUT2D eigenvalue weighted by Gasteiger charge is 2.20. The zero-order valence-electron chi connectivity index (χ0n) is 12.2. The van der Waals surface area contributed by atoms with E-state index in [2.05, 4.69) is 42.2 Å². The SMILES string of the molecule is CCCCN(CC1CCC(N)CC1)c1ccccc1. The van der Waals surface area contributed by atoms with Crippen LogP contribution in [0, 0.1) is 5.92 Å². The molecule has 0 atom stereocenters. The Morgan fingerprint density at radius 2 is 1.79 bits per heavy atom. The van der Waals surface area contributed by atoms with Crippen LogP contribution in [0.15, 0.2) is 30.3 Å². The number of nitrogens with zero attached hydrogens (tertiary/aromatic N) is 1. The summed E-state index contributed by atoms with van der Waals surface area (Å²) in [6.45, 7) is 4.66. The lowest BCUT2D eigenvalue weighted by Gasteiger charge is -2.33. The van der Waals surface area contributed by atoms with E-state index in [1.807, 2.05) is 0 Å². The van der Waals surface area contributed by atoms with Gasteiger partial charge < -0.3 is 10.6 Å². The van der Waals surface area contributed by atoms with E-state index in [4.69, 9.17) is 5.73 Å². The van der Waals surface area contributed by atoms with Gasteiger partial charge in [-0.15, -0.1) is 0 Å². The molecule has 19 heavy (non-hydrogen) atoms. The fourth-order valence-electron chi connectivity index (χ4n) is 3.00. The number of para-hydroxylation sites is 1. The third-order valence-electron chi connectivity index (χ3n) is 4.27. The summed E-state index contributed by atoms with van der Waals surface area (Å²) >= 11 is 0. The summed E-state index contributed by atoms with van der Waals surface area (Å²) in [5, 5.41) is 0. The van der Waals surface area contributed by atoms with Crippen molar-refractivity contribution in [2.45, 2.75) is 51.5 Å². The highest BCUT2D eigenvalue weighted by Crippen LogP contribution is 2.26. The Bertz CT molecular complexity index is 342. The van der Waals surface area contributed by atoms with E-state index >= 15 is 0 Å². The minimum absolute atomic E-state index is 0.456. The van der Waals surface area contributed by atoms with Crippen molar-refractivity contribution >= 4 is 5.69 Å². The van der Waals surface area contributed by atoms with Crippen molar-refractivity contribution in [3.8, 4) is 0 Å². The molecule has 1 aromatic carbocycles. The topological polar surface area (TPSA) is 29.3 Å². The molecule has 1 aromatic rings. The van der Waals surface area contributed by atoms with E-state index in [-0.39, 0.29) is 0 Å². The second-order valence-electron chi connectivity index (χ2n) is 5.92. The molecule has 1 saturated carbocycles. The summed E-state index contributed by atoms with van der Waals surface area (Å²) in [6.07, 6.45) is 7.56. The smallest absolute Gasteiger partial charge is 0.0366 e. The van der Waals surface area contributed by atoms with Crippen molar-refractivity contribution in [1.29, 1.82) is 0 Å². The van der Waals surface area contributed by atoms with Crippen molar-refractivity contribution in [3.05, 3.63) is 30.3 Å². The van der Waals surface area contributed by atoms with Crippen LogP contribution in [0.4, 0.5) is 5.69 Å². The maximum atomic E-state index is 6.01. The largest absolute Gasteiger partial charge is 0.371 e. The Morgan fingerprint density at radius 1 is 1.11 bits per heavy atom. The number of unbranched alkanes of at least 4 members (excludes halogenated alkanes) is 1. The van der Waals surface area contributed by atoms with Crippen molar-refractivity contribution < 1.29 is 0 Å². The van der Waals surface area contributed by atoms with Crippen LogP contribution in [-0.2, 0) is 0 Å². The molecule has 106 valence electrons. The van der Waals surface area contributed by atoms with Crippen LogP contribution >= 0.6 is 0 Å². The number of anilines is 1. The van der Waals surface area contributed by atoms with Gasteiger partial charge in [0, 0.05) is 24.8 Å². The van der Waals surface area contributed by atoms with Crippen LogP contribution in [0.1, 0.15) is 45.4 Å². The van der Waals surface area contributed by atoms with Gasteiger partial charge in [0.15, 0.2) is 0 Å². The summed E-state index contributed by atoms with van der Waals surface area (Å²) in [7, 11) is 0. The quantitative estimate of drug-likeness (QED) is 0.842. The highest BCUT2D eigenvalue weighted by atomic mass is 15.1. The average Bonchev–Trinajstić information content (AvgIpc) is 2.46. The first-order valence-corrected chi connectivity index (χ1v) is 7.85. The lowest BCUT2D eigenvalue weighted by molar-refractivity contribution is 0.326. The van der Waals surface area contributed by atoms with E-state index in [1.165, 1.54) is 57.3 Å². The zero-order valence-corrected chi connectivity index (χ0v) is 12.2. The van der Waals surface area contributed by atoms with Gasteiger partial charge in [-0.05, 0) is 50.2 Å². The lowest BCUT2D eigenvalue weighted by Crippen LogP contribution is -2.35. The van der Waals surface area contributed by atoms with Gasteiger partial charge in [0.2, 0.25) is 0 Å². The number of rotatable bonds is 6. The maximum Gasteiger partial charge on any atom is 0.0366 e. The molecule has 1 aliphatic rings. The predicted molar refractivity (Wildman–Crippen MR) is 83.5 cm³/mol. The van der Waals surface area contributed by atoms with Crippen LogP contribution in [0.25, 0.3) is 0 Å². The van der Waals surface area contributed by atoms with Crippen LogP contribution < -0.4 is 10.6 Å². The van der Waals surface area contributed by atoms with Gasteiger partial charge in [-0.25, -0.2) is 0 Å². The lowest BCUT2D eigenvalue weighted by atomic mass is 9.86. The third-order valence-corrected chi connectivity index (χ3v) is 4.27. The van der Waals surface area contributed by atoms with E-state index in [9.17, 15) is 0 Å². The van der Waals surface area contributed by atoms with Crippen LogP contribution in [0.3, 0.4) is 0 Å². The Kier molecular flexibility index (Phi) is 5.71. The standard InChI is InChI=1S/C17H28N2/c1-2-3-13-19(17-7-5-4-6-8-17)14-15-9-11-16(18)12-10-15/h4-8,15-16H,2-3,9-14,18H2,1H3. The number of nitrogens with two attached hydrogens (primary N) is 1. The second-order valence-corrected chi connectivity index (χ2v) is 5.92. The Balaban J connectivity index is 1.94. The van der Waals surface area contributed by atoms with Gasteiger partial charge >= 0.3 is 0 Å². The summed E-state index contributed by atoms with van der Waals surface area (Å²) in [4.78, 5) is 2.57. The van der Waals surface area contributed by atoms with Crippen LogP contribution in [-0.4, -0.2) is 19.1 Å². The summed E-state index contributed by atoms with van der Waals surface area (Å²) in [5.41, 5.74) is 7.39. The predicted octanol–water partition coefficient (Wildman–Crippen LogP) is 3.81. The zero-order chi connectivity index (χ0) is 13.5. The molecule has 0 amide bonds. The normalized spacial score (nSPS) is 23.3. The maximum absolute atomic E-state index is 6.01. The van der Waals surface area contributed by atoms with Gasteiger partial charge in [-0.2, -0.15) is 0 Å². The van der Waals surface area contributed by atoms with E-state index < -0.39 is 0 Å². The second kappa shape index (κ2) is 7.54. The van der Waals surface area contributed by atoms with Crippen molar-refractivity contribution in [3.63, 3.8) is 0 Å². The molecule has 1 aliphatic carbocycles. The molecule has 0 heterocycles. The summed E-state index contributed by atoms with van der Waals surface area (Å²) in [6, 6.07) is 11.3. The summed E-state index contributed by atoms with van der Waals surface area (Å²) < 4.78 is 0. The Morgan fingerprint density at radius 3 is 2.42 bits per heavy atom. The van der Waals surface area contributed by atoms with Gasteiger partial charge in [-0.1, -0.05) is 31.5 Å². The summed E-state index contributed by atoms with van der Waals surface area (Å²) in [5.74, 6) is 0.830. The molecule has 0 aromatic heterocycles. The van der Waals surface area contributed by atoms with Crippen molar-refractivity contribution in [2.75, 3.05) is 18.0 Å². The Labute approximate surface area is 118 Å². The Hall–Kier alpha value is -1.02. The van der Waals surface area contributed by atoms with Crippen molar-refractivity contribution in [2.24, 2.45) is 11.7 Å². The molecular weight excluding hydrogens is 232 g/mol. The van der Waals surface area contributed by atoms with E-state index in [0.29, 0.717) is 6.04 Å². The van der Waals surface area contributed by atoms with Gasteiger partial charge in [-0.3, -0.25) is 0 Å². The first-order valence-electron chi connectivity index (χ1n) is 7.85. The van der Waals surface area contributed by atoms with Gasteiger partial charge in [0.25, 0.3) is 0 Å². The van der Waals surface area contributed by atoms with E-state index in [0.717, 1.165) is 5.92 Å². The first-order chi connectivity index (χ1) is 9.29. The van der Waals surface area contributed by atoms with Crippen LogP contribution in [0.5, 0.6) is 0 Å². The molecule has 0 aliphatic heterocycles. The minimum Gasteiger partial charge on any atom is -0.371 e. The molecule has 2 N–H and O–H groups in total. The highest BCUT2D eigenvalue weighted by molar-refractivity contribution is 5.45. The fraction of sp³-hybridized carbons (Fsp3) is 0.647. The van der Waals surface area contributed by atoms with Gasteiger partial charge in [0.05, 0.1) is 0 Å². The fourth-order valence-corrected chi connectivity index (χ4v) is 3.00. The number of hydrogen-bond acceptors (Lipinski definition) is 2. The molecule has 0 saturated heterocycles. The molecule has 1 fully saturated rings. The third kappa shape index (κ3) is 4.54. The monoisotopic (exact) mass is 260 g/mol.